The van der Waals surface area contributed by atoms with E-state index in [0.29, 0.717) is 6.04 Å². The molecule has 3 atom stereocenters. The molecule has 3 rings (SSSR count). The fraction of sp³-hybridized carbons (Fsp3) is 1.00. The van der Waals surface area contributed by atoms with E-state index < -0.39 is 0 Å². The van der Waals surface area contributed by atoms with Gasteiger partial charge in [-0.25, -0.2) is 0 Å². The highest BCUT2D eigenvalue weighted by molar-refractivity contribution is 4.94. The molecule has 3 nitrogen and oxygen atoms in total. The molecule has 0 bridgehead atoms. The van der Waals surface area contributed by atoms with Crippen LogP contribution in [0.2, 0.25) is 0 Å². The van der Waals surface area contributed by atoms with Crippen LogP contribution in [0.1, 0.15) is 45.4 Å². The van der Waals surface area contributed by atoms with Crippen molar-refractivity contribution in [1.82, 2.24) is 10.2 Å². The molecule has 3 unspecified atom stereocenters. The third kappa shape index (κ3) is 2.89. The summed E-state index contributed by atoms with van der Waals surface area (Å²) in [6, 6.07) is 0.681. The zero-order valence-electron chi connectivity index (χ0n) is 11.7. The van der Waals surface area contributed by atoms with Crippen molar-refractivity contribution in [2.24, 2.45) is 11.8 Å². The summed E-state index contributed by atoms with van der Waals surface area (Å²) in [6.07, 6.45) is 8.05. The summed E-state index contributed by atoms with van der Waals surface area (Å²) in [7, 11) is 0. The van der Waals surface area contributed by atoms with Crippen LogP contribution in [-0.4, -0.2) is 47.8 Å². The first-order valence-corrected chi connectivity index (χ1v) is 7.79. The molecular formula is C15H28N2O. The maximum atomic E-state index is 9.62. The fourth-order valence-electron chi connectivity index (χ4n) is 3.84. The van der Waals surface area contributed by atoms with E-state index in [9.17, 15) is 5.11 Å². The third-order valence-electron chi connectivity index (χ3n) is 5.26. The molecule has 18 heavy (non-hydrogen) atoms. The number of aliphatic hydroxyl groups is 1. The number of fused-ring (bicyclic) bond motifs is 1. The average molecular weight is 252 g/mol. The Balaban J connectivity index is 1.45. The van der Waals surface area contributed by atoms with E-state index in [0.717, 1.165) is 24.8 Å². The first-order chi connectivity index (χ1) is 8.68. The fourth-order valence-corrected chi connectivity index (χ4v) is 3.84. The molecule has 0 amide bonds. The highest BCUT2D eigenvalue weighted by Gasteiger charge is 2.37. The molecule has 0 aromatic carbocycles. The molecular weight excluding hydrogens is 224 g/mol. The zero-order chi connectivity index (χ0) is 12.6. The summed E-state index contributed by atoms with van der Waals surface area (Å²) in [5, 5.41) is 13.2. The van der Waals surface area contributed by atoms with Crippen LogP contribution in [0, 0.1) is 11.8 Å². The van der Waals surface area contributed by atoms with Crippen LogP contribution in [0.4, 0.5) is 0 Å². The molecule has 3 fully saturated rings. The van der Waals surface area contributed by atoms with Crippen LogP contribution in [0.5, 0.6) is 0 Å². The second kappa shape index (κ2) is 5.10. The molecule has 0 spiro atoms. The number of hydrogen-bond donors (Lipinski definition) is 2. The average Bonchev–Trinajstić information content (AvgIpc) is 2.89. The van der Waals surface area contributed by atoms with Gasteiger partial charge in [0.25, 0.3) is 0 Å². The van der Waals surface area contributed by atoms with Gasteiger partial charge in [-0.3, -0.25) is 0 Å². The van der Waals surface area contributed by atoms with Gasteiger partial charge in [0.05, 0.1) is 6.61 Å². The lowest BCUT2D eigenvalue weighted by atomic mass is 9.98. The second-order valence-electron chi connectivity index (χ2n) is 7.10. The van der Waals surface area contributed by atoms with Gasteiger partial charge in [0, 0.05) is 24.7 Å². The SMILES string of the molecule is CC(CO)(CCN1CC2CCCC2C1)NC1CC1. The molecule has 1 saturated heterocycles. The van der Waals surface area contributed by atoms with E-state index in [1.807, 2.05) is 0 Å². The molecule has 2 saturated carbocycles. The van der Waals surface area contributed by atoms with Gasteiger partial charge in [-0.05, 0) is 57.4 Å². The highest BCUT2D eigenvalue weighted by Crippen LogP contribution is 2.37. The van der Waals surface area contributed by atoms with Crippen molar-refractivity contribution in [2.75, 3.05) is 26.2 Å². The summed E-state index contributed by atoms with van der Waals surface area (Å²) >= 11 is 0. The van der Waals surface area contributed by atoms with Gasteiger partial charge in [-0.1, -0.05) is 6.42 Å². The maximum Gasteiger partial charge on any atom is 0.0611 e. The van der Waals surface area contributed by atoms with Gasteiger partial charge in [-0.15, -0.1) is 0 Å². The Bertz CT molecular complexity index is 280. The van der Waals surface area contributed by atoms with Crippen LogP contribution < -0.4 is 5.32 Å². The topological polar surface area (TPSA) is 35.5 Å². The highest BCUT2D eigenvalue weighted by atomic mass is 16.3. The lowest BCUT2D eigenvalue weighted by Crippen LogP contribution is -2.49. The molecule has 1 aliphatic heterocycles. The minimum atomic E-state index is -0.0567. The van der Waals surface area contributed by atoms with Crippen molar-refractivity contribution in [3.05, 3.63) is 0 Å². The molecule has 0 radical (unpaired) electrons. The largest absolute Gasteiger partial charge is 0.394 e. The summed E-state index contributed by atoms with van der Waals surface area (Å²) in [4.78, 5) is 2.64. The quantitative estimate of drug-likeness (QED) is 0.754. The Kier molecular flexibility index (Phi) is 3.65. The third-order valence-corrected chi connectivity index (χ3v) is 5.26. The molecule has 2 N–H and O–H groups in total. The van der Waals surface area contributed by atoms with E-state index in [1.165, 1.54) is 45.2 Å². The summed E-state index contributed by atoms with van der Waals surface area (Å²) in [6.45, 7) is 6.24. The van der Waals surface area contributed by atoms with Gasteiger partial charge in [0.2, 0.25) is 0 Å². The Morgan fingerprint density at radius 1 is 1.17 bits per heavy atom. The van der Waals surface area contributed by atoms with Crippen LogP contribution in [0.3, 0.4) is 0 Å². The Labute approximate surface area is 111 Å². The predicted octanol–water partition coefficient (Wildman–Crippen LogP) is 1.61. The van der Waals surface area contributed by atoms with E-state index in [2.05, 4.69) is 17.1 Å². The number of likely N-dealkylation sites (tertiary alicyclic amines) is 1. The van der Waals surface area contributed by atoms with E-state index in [-0.39, 0.29) is 12.1 Å². The molecule has 1 heterocycles. The van der Waals surface area contributed by atoms with Gasteiger partial charge in [0.15, 0.2) is 0 Å². The lowest BCUT2D eigenvalue weighted by Gasteiger charge is -2.31. The van der Waals surface area contributed by atoms with Crippen LogP contribution in [0.15, 0.2) is 0 Å². The van der Waals surface area contributed by atoms with Crippen molar-refractivity contribution in [3.63, 3.8) is 0 Å². The monoisotopic (exact) mass is 252 g/mol. The lowest BCUT2D eigenvalue weighted by molar-refractivity contribution is 0.147. The van der Waals surface area contributed by atoms with Crippen molar-refractivity contribution < 1.29 is 5.11 Å². The normalized spacial score (nSPS) is 35.7. The number of hydrogen-bond acceptors (Lipinski definition) is 3. The minimum absolute atomic E-state index is 0.0567. The van der Waals surface area contributed by atoms with Crippen molar-refractivity contribution in [1.29, 1.82) is 0 Å². The maximum absolute atomic E-state index is 9.62. The predicted molar refractivity (Wildman–Crippen MR) is 73.5 cm³/mol. The number of aliphatic hydroxyl groups excluding tert-OH is 1. The standard InChI is InChI=1S/C15H28N2O/c1-15(11-18,16-14-5-6-14)7-8-17-9-12-3-2-4-13(12)10-17/h12-14,16,18H,2-11H2,1H3. The van der Waals surface area contributed by atoms with E-state index in [1.54, 1.807) is 0 Å². The van der Waals surface area contributed by atoms with Crippen molar-refractivity contribution in [3.8, 4) is 0 Å². The number of nitrogens with zero attached hydrogens (tertiary/aromatic N) is 1. The molecule has 0 aromatic heterocycles. The molecule has 3 heteroatoms. The van der Waals surface area contributed by atoms with Gasteiger partial charge >= 0.3 is 0 Å². The van der Waals surface area contributed by atoms with E-state index in [4.69, 9.17) is 0 Å². The minimum Gasteiger partial charge on any atom is -0.394 e. The van der Waals surface area contributed by atoms with Crippen molar-refractivity contribution in [2.45, 2.75) is 57.0 Å². The zero-order valence-corrected chi connectivity index (χ0v) is 11.7. The smallest absolute Gasteiger partial charge is 0.0611 e. The summed E-state index contributed by atoms with van der Waals surface area (Å²) in [5.74, 6) is 1.98. The van der Waals surface area contributed by atoms with Crippen LogP contribution in [0.25, 0.3) is 0 Å². The van der Waals surface area contributed by atoms with Crippen LogP contribution in [-0.2, 0) is 0 Å². The summed E-state index contributed by atoms with van der Waals surface area (Å²) in [5.41, 5.74) is -0.0567. The first kappa shape index (κ1) is 12.9. The van der Waals surface area contributed by atoms with Gasteiger partial charge < -0.3 is 15.3 Å². The summed E-state index contributed by atoms with van der Waals surface area (Å²) < 4.78 is 0. The second-order valence-corrected chi connectivity index (χ2v) is 7.10. The Morgan fingerprint density at radius 3 is 2.39 bits per heavy atom. The first-order valence-electron chi connectivity index (χ1n) is 7.79. The van der Waals surface area contributed by atoms with E-state index >= 15 is 0 Å². The van der Waals surface area contributed by atoms with Gasteiger partial charge in [-0.2, -0.15) is 0 Å². The molecule has 0 aromatic rings. The molecule has 3 aliphatic rings. The van der Waals surface area contributed by atoms with Gasteiger partial charge in [0.1, 0.15) is 0 Å². The Hall–Kier alpha value is -0.120. The Morgan fingerprint density at radius 2 is 1.83 bits per heavy atom. The molecule has 104 valence electrons. The van der Waals surface area contributed by atoms with Crippen LogP contribution >= 0.6 is 0 Å². The number of nitrogens with one attached hydrogen (secondary N) is 1. The van der Waals surface area contributed by atoms with Crippen molar-refractivity contribution >= 4 is 0 Å². The molecule has 2 aliphatic carbocycles. The number of rotatable bonds is 6.